The number of carbonyl (C=O) groups excluding carboxylic acids is 1. The van der Waals surface area contributed by atoms with E-state index in [1.807, 2.05) is 0 Å². The van der Waals surface area contributed by atoms with E-state index in [-0.39, 0.29) is 11.8 Å². The number of nitrogens with zero attached hydrogens (tertiary/aromatic N) is 1. The quantitative estimate of drug-likeness (QED) is 0.470. The summed E-state index contributed by atoms with van der Waals surface area (Å²) in [6.07, 6.45) is 3.30. The molecule has 0 unspecified atom stereocenters. The van der Waals surface area contributed by atoms with Gasteiger partial charge in [0.25, 0.3) is 0 Å². The predicted octanol–water partition coefficient (Wildman–Crippen LogP) is 3.33. The molecule has 0 fully saturated rings. The number of anilines is 2. The predicted molar refractivity (Wildman–Crippen MR) is 109 cm³/mol. The molecule has 1 aromatic heterocycles. The van der Waals surface area contributed by atoms with E-state index in [1.54, 1.807) is 60.9 Å². The molecule has 0 aliphatic carbocycles. The molecule has 0 aliphatic rings. The van der Waals surface area contributed by atoms with Gasteiger partial charge in [0.05, 0.1) is 11.9 Å². The Balaban J connectivity index is 1.55. The number of hydrogen-bond donors (Lipinski definition) is 4. The van der Waals surface area contributed by atoms with Crippen LogP contribution in [0.1, 0.15) is 11.1 Å². The molecule has 10 heteroatoms. The molecule has 8 nitrogen and oxygen atoms in total. The number of nitrogens with one attached hydrogen (secondary N) is 4. The summed E-state index contributed by atoms with van der Waals surface area (Å²) in [5.74, 6) is -0.233. The van der Waals surface area contributed by atoms with Gasteiger partial charge in [-0.05, 0) is 35.9 Å². The fourth-order valence-electron chi connectivity index (χ4n) is 2.39. The van der Waals surface area contributed by atoms with E-state index in [0.29, 0.717) is 28.5 Å². The van der Waals surface area contributed by atoms with E-state index >= 15 is 0 Å². The lowest BCUT2D eigenvalue weighted by molar-refractivity contribution is 0.251. The van der Waals surface area contributed by atoms with Crippen molar-refractivity contribution in [2.75, 3.05) is 10.0 Å². The van der Waals surface area contributed by atoms with Crippen LogP contribution in [0, 0.1) is 0 Å². The third-order valence-electron chi connectivity index (χ3n) is 3.73. The first-order chi connectivity index (χ1) is 13.4. The van der Waals surface area contributed by atoms with Crippen LogP contribution in [0.3, 0.4) is 0 Å². The van der Waals surface area contributed by atoms with Gasteiger partial charge in [0, 0.05) is 34.7 Å². The minimum absolute atomic E-state index is 0.233. The van der Waals surface area contributed by atoms with E-state index < -0.39 is 10.0 Å². The van der Waals surface area contributed by atoms with Gasteiger partial charge in [0.15, 0.2) is 0 Å². The molecule has 2 amide bonds. The Labute approximate surface area is 167 Å². The molecule has 146 valence electrons. The molecule has 0 aliphatic heterocycles. The van der Waals surface area contributed by atoms with Gasteiger partial charge >= 0.3 is 6.03 Å². The van der Waals surface area contributed by atoms with Gasteiger partial charge in [0.1, 0.15) is 0 Å². The summed E-state index contributed by atoms with van der Waals surface area (Å²) in [7, 11) is -3.62. The molecule has 1 heterocycles. The topological polar surface area (TPSA) is 116 Å². The van der Waals surface area contributed by atoms with Crippen molar-refractivity contribution >= 4 is 39.0 Å². The average Bonchev–Trinajstić information content (AvgIpc) is 3.17. The summed E-state index contributed by atoms with van der Waals surface area (Å²) in [5, 5.41) is 12.2. The molecule has 0 spiro atoms. The molecule has 0 atom stereocenters. The van der Waals surface area contributed by atoms with Crippen LogP contribution in [0.4, 0.5) is 16.2 Å². The Bertz CT molecular complexity index is 1040. The highest BCUT2D eigenvalue weighted by Crippen LogP contribution is 2.20. The number of halogens is 1. The van der Waals surface area contributed by atoms with Gasteiger partial charge in [-0.2, -0.15) is 5.10 Å². The number of urea groups is 1. The minimum Gasteiger partial charge on any atom is -0.334 e. The van der Waals surface area contributed by atoms with Crippen molar-refractivity contribution in [3.63, 3.8) is 0 Å². The van der Waals surface area contributed by atoms with Crippen LogP contribution < -0.4 is 15.4 Å². The van der Waals surface area contributed by atoms with Crippen molar-refractivity contribution in [1.82, 2.24) is 15.5 Å². The van der Waals surface area contributed by atoms with E-state index in [9.17, 15) is 13.2 Å². The van der Waals surface area contributed by atoms with Crippen molar-refractivity contribution in [1.29, 1.82) is 0 Å². The van der Waals surface area contributed by atoms with Crippen LogP contribution in [-0.2, 0) is 22.3 Å². The largest absolute Gasteiger partial charge is 0.334 e. The zero-order valence-electron chi connectivity index (χ0n) is 14.6. The van der Waals surface area contributed by atoms with E-state index in [4.69, 9.17) is 11.6 Å². The van der Waals surface area contributed by atoms with Gasteiger partial charge in [0.2, 0.25) is 10.0 Å². The first kappa shape index (κ1) is 19.7. The maximum atomic E-state index is 12.3. The fraction of sp³-hybridized carbons (Fsp3) is 0.111. The van der Waals surface area contributed by atoms with Gasteiger partial charge < -0.3 is 10.6 Å². The van der Waals surface area contributed by atoms with Gasteiger partial charge in [-0.3, -0.25) is 9.82 Å². The standard InChI is InChI=1S/C18H18ClN5O3S/c19-17-4-2-1-3-14(17)12-28(26,27)24-16-7-5-15(6-8-16)23-18(25)20-9-13-10-21-22-11-13/h1-8,10-11,24H,9,12H2,(H,21,22)(H2,20,23,25). The number of hydrogen-bond acceptors (Lipinski definition) is 4. The molecule has 3 aromatic rings. The second-order valence-corrected chi connectivity index (χ2v) is 8.07. The number of sulfonamides is 1. The highest BCUT2D eigenvalue weighted by Gasteiger charge is 2.14. The van der Waals surface area contributed by atoms with Crippen molar-refractivity contribution in [2.24, 2.45) is 0 Å². The van der Waals surface area contributed by atoms with Gasteiger partial charge in [-0.25, -0.2) is 13.2 Å². The maximum Gasteiger partial charge on any atom is 0.319 e. The lowest BCUT2D eigenvalue weighted by Gasteiger charge is -2.11. The summed E-state index contributed by atoms with van der Waals surface area (Å²) in [4.78, 5) is 11.9. The Morgan fingerprint density at radius 2 is 1.79 bits per heavy atom. The lowest BCUT2D eigenvalue weighted by Crippen LogP contribution is -2.28. The number of aromatic amines is 1. The van der Waals surface area contributed by atoms with Crippen LogP contribution in [0.2, 0.25) is 5.02 Å². The third kappa shape index (κ3) is 5.73. The molecule has 0 bridgehead atoms. The third-order valence-corrected chi connectivity index (χ3v) is 5.33. The Morgan fingerprint density at radius 1 is 1.07 bits per heavy atom. The molecule has 28 heavy (non-hydrogen) atoms. The van der Waals surface area contributed by atoms with Crippen LogP contribution in [0.15, 0.2) is 60.9 Å². The van der Waals surface area contributed by atoms with Gasteiger partial charge in [-0.15, -0.1) is 0 Å². The zero-order chi connectivity index (χ0) is 20.0. The molecule has 4 N–H and O–H groups in total. The van der Waals surface area contributed by atoms with Crippen molar-refractivity contribution in [3.05, 3.63) is 77.1 Å². The van der Waals surface area contributed by atoms with Crippen LogP contribution >= 0.6 is 11.6 Å². The summed E-state index contributed by atoms with van der Waals surface area (Å²) in [6.45, 7) is 0.336. The van der Waals surface area contributed by atoms with Crippen molar-refractivity contribution < 1.29 is 13.2 Å². The Kier molecular flexibility index (Phi) is 6.17. The fourth-order valence-corrected chi connectivity index (χ4v) is 3.90. The molecule has 3 rings (SSSR count). The number of carbonyl (C=O) groups is 1. The SMILES string of the molecule is O=C(NCc1cn[nH]c1)Nc1ccc(NS(=O)(=O)Cc2ccccc2Cl)cc1. The van der Waals surface area contributed by atoms with Crippen molar-refractivity contribution in [3.8, 4) is 0 Å². The molecule has 0 saturated carbocycles. The summed E-state index contributed by atoms with van der Waals surface area (Å²) in [6, 6.07) is 12.7. The number of amides is 2. The second kappa shape index (κ2) is 8.77. The Morgan fingerprint density at radius 3 is 2.46 bits per heavy atom. The number of aromatic nitrogens is 2. The van der Waals surface area contributed by atoms with Crippen molar-refractivity contribution in [2.45, 2.75) is 12.3 Å². The van der Waals surface area contributed by atoms with E-state index in [0.717, 1.165) is 5.56 Å². The molecule has 0 radical (unpaired) electrons. The van der Waals surface area contributed by atoms with Gasteiger partial charge in [-0.1, -0.05) is 29.8 Å². The summed E-state index contributed by atoms with van der Waals surface area (Å²) < 4.78 is 27.1. The summed E-state index contributed by atoms with van der Waals surface area (Å²) in [5.41, 5.74) is 2.28. The second-order valence-electron chi connectivity index (χ2n) is 5.94. The van der Waals surface area contributed by atoms with Crippen LogP contribution in [-0.4, -0.2) is 24.6 Å². The monoisotopic (exact) mass is 419 g/mol. The highest BCUT2D eigenvalue weighted by atomic mass is 35.5. The first-order valence-corrected chi connectivity index (χ1v) is 10.3. The molecular weight excluding hydrogens is 402 g/mol. The zero-order valence-corrected chi connectivity index (χ0v) is 16.2. The lowest BCUT2D eigenvalue weighted by atomic mass is 10.2. The molecule has 2 aromatic carbocycles. The maximum absolute atomic E-state index is 12.3. The number of H-pyrrole nitrogens is 1. The number of rotatable bonds is 7. The first-order valence-electron chi connectivity index (χ1n) is 8.28. The minimum atomic E-state index is -3.62. The van der Waals surface area contributed by atoms with Crippen LogP contribution in [0.5, 0.6) is 0 Å². The Hall–Kier alpha value is -3.04. The molecule has 0 saturated heterocycles. The summed E-state index contributed by atoms with van der Waals surface area (Å²) >= 11 is 6.02. The average molecular weight is 420 g/mol. The highest BCUT2D eigenvalue weighted by molar-refractivity contribution is 7.91. The normalized spacial score (nSPS) is 11.0. The van der Waals surface area contributed by atoms with E-state index in [2.05, 4.69) is 25.6 Å². The smallest absolute Gasteiger partial charge is 0.319 e. The van der Waals surface area contributed by atoms with Crippen LogP contribution in [0.25, 0.3) is 0 Å². The van der Waals surface area contributed by atoms with E-state index in [1.165, 1.54) is 0 Å². The number of benzene rings is 2. The molecular formula is C18H18ClN5O3S.